The molecule has 2 aromatic rings. The van der Waals surface area contributed by atoms with E-state index in [0.717, 1.165) is 0 Å². The van der Waals surface area contributed by atoms with Crippen LogP contribution in [0.15, 0.2) is 47.1 Å². The Kier molecular flexibility index (Phi) is 4.98. The summed E-state index contributed by atoms with van der Waals surface area (Å²) in [6.07, 6.45) is 0.317. The van der Waals surface area contributed by atoms with Crippen LogP contribution in [0.4, 0.5) is 10.1 Å². The second-order valence-corrected chi connectivity index (χ2v) is 6.45. The third kappa shape index (κ3) is 4.52. The van der Waals surface area contributed by atoms with E-state index in [2.05, 4.69) is 10.6 Å². The molecule has 0 saturated carbocycles. The zero-order valence-electron chi connectivity index (χ0n) is 10.4. The van der Waals surface area contributed by atoms with Gasteiger partial charge in [-0.3, -0.25) is 4.79 Å². The van der Waals surface area contributed by atoms with E-state index in [1.165, 1.54) is 36.6 Å². The average Bonchev–Trinajstić information content (AvgIpc) is 2.93. The number of carbonyl (C=O) groups excluding carboxylic acids is 1. The van der Waals surface area contributed by atoms with Gasteiger partial charge in [-0.2, -0.15) is 0 Å². The highest BCUT2D eigenvalue weighted by Gasteiger charge is 2.34. The summed E-state index contributed by atoms with van der Waals surface area (Å²) in [6.45, 7) is 0. The zero-order chi connectivity index (χ0) is 15.5. The van der Waals surface area contributed by atoms with E-state index in [0.29, 0.717) is 5.69 Å². The third-order valence-corrected chi connectivity index (χ3v) is 3.16. The number of halogens is 4. The Bertz CT molecular complexity index is 597. The molecule has 2 N–H and O–H groups in total. The maximum Gasteiger partial charge on any atom is 0.288 e. The summed E-state index contributed by atoms with van der Waals surface area (Å²) in [6, 6.07) is 8.43. The Morgan fingerprint density at radius 2 is 1.86 bits per heavy atom. The zero-order valence-corrected chi connectivity index (χ0v) is 12.7. The number of hydrogen-bond donors (Lipinski definition) is 2. The van der Waals surface area contributed by atoms with Crippen molar-refractivity contribution in [2.45, 2.75) is 9.96 Å². The highest BCUT2D eigenvalue weighted by Crippen LogP contribution is 2.31. The number of benzene rings is 1. The fourth-order valence-corrected chi connectivity index (χ4v) is 1.85. The van der Waals surface area contributed by atoms with Gasteiger partial charge in [-0.05, 0) is 36.4 Å². The second kappa shape index (κ2) is 6.56. The Labute approximate surface area is 135 Å². The number of furan rings is 1. The number of rotatable bonds is 4. The molecule has 112 valence electrons. The lowest BCUT2D eigenvalue weighted by atomic mass is 10.3. The Morgan fingerprint density at radius 1 is 1.19 bits per heavy atom. The van der Waals surface area contributed by atoms with Crippen molar-refractivity contribution in [1.82, 2.24) is 5.32 Å². The van der Waals surface area contributed by atoms with Gasteiger partial charge in [0.05, 0.1) is 6.26 Å². The molecular formula is C13H10Cl3FN2O2. The van der Waals surface area contributed by atoms with E-state index >= 15 is 0 Å². The largest absolute Gasteiger partial charge is 0.459 e. The lowest BCUT2D eigenvalue weighted by Crippen LogP contribution is -2.49. The summed E-state index contributed by atoms with van der Waals surface area (Å²) >= 11 is 17.5. The first-order valence-electron chi connectivity index (χ1n) is 5.79. The van der Waals surface area contributed by atoms with Gasteiger partial charge in [0, 0.05) is 5.69 Å². The fraction of sp³-hybridized carbons (Fsp3) is 0.154. The topological polar surface area (TPSA) is 54.3 Å². The molecule has 0 aliphatic rings. The number of carbonyl (C=O) groups is 1. The van der Waals surface area contributed by atoms with Gasteiger partial charge in [-0.15, -0.1) is 0 Å². The molecule has 0 saturated heterocycles. The summed E-state index contributed by atoms with van der Waals surface area (Å²) < 4.78 is 16.0. The highest BCUT2D eigenvalue weighted by molar-refractivity contribution is 6.68. The van der Waals surface area contributed by atoms with Gasteiger partial charge >= 0.3 is 0 Å². The van der Waals surface area contributed by atoms with Crippen molar-refractivity contribution in [3.63, 3.8) is 0 Å². The predicted molar refractivity (Wildman–Crippen MR) is 80.3 cm³/mol. The molecule has 8 heteroatoms. The minimum Gasteiger partial charge on any atom is -0.459 e. The quantitative estimate of drug-likeness (QED) is 0.647. The van der Waals surface area contributed by atoms with Crippen molar-refractivity contribution in [1.29, 1.82) is 0 Å². The Morgan fingerprint density at radius 3 is 2.38 bits per heavy atom. The van der Waals surface area contributed by atoms with Crippen molar-refractivity contribution in [3.8, 4) is 0 Å². The Hall–Kier alpha value is -1.43. The summed E-state index contributed by atoms with van der Waals surface area (Å²) in [5, 5.41) is 5.29. The summed E-state index contributed by atoms with van der Waals surface area (Å²) in [4.78, 5) is 11.9. The SMILES string of the molecule is O=C(NC(Nc1ccc(F)cc1)C(Cl)(Cl)Cl)c1ccco1. The molecular weight excluding hydrogens is 342 g/mol. The molecule has 0 fully saturated rings. The highest BCUT2D eigenvalue weighted by atomic mass is 35.6. The second-order valence-electron chi connectivity index (χ2n) is 4.08. The number of anilines is 1. The predicted octanol–water partition coefficient (Wildman–Crippen LogP) is 3.96. The molecule has 0 radical (unpaired) electrons. The third-order valence-electron chi connectivity index (χ3n) is 2.50. The molecule has 2 rings (SSSR count). The van der Waals surface area contributed by atoms with Crippen molar-refractivity contribution in [3.05, 3.63) is 54.2 Å². The molecule has 0 bridgehead atoms. The van der Waals surface area contributed by atoms with E-state index in [1.807, 2.05) is 0 Å². The van der Waals surface area contributed by atoms with E-state index < -0.39 is 21.7 Å². The van der Waals surface area contributed by atoms with Crippen LogP contribution in [-0.2, 0) is 0 Å². The van der Waals surface area contributed by atoms with Crippen LogP contribution in [0.5, 0.6) is 0 Å². The maximum absolute atomic E-state index is 12.9. The first-order chi connectivity index (χ1) is 9.86. The lowest BCUT2D eigenvalue weighted by Gasteiger charge is -2.27. The van der Waals surface area contributed by atoms with Gasteiger partial charge in [0.15, 0.2) is 5.76 Å². The summed E-state index contributed by atoms with van der Waals surface area (Å²) in [7, 11) is 0. The number of nitrogens with one attached hydrogen (secondary N) is 2. The molecule has 1 unspecified atom stereocenters. The molecule has 1 aromatic heterocycles. The summed E-state index contributed by atoms with van der Waals surface area (Å²) in [5.74, 6) is -0.869. The van der Waals surface area contributed by atoms with E-state index in [4.69, 9.17) is 39.2 Å². The van der Waals surface area contributed by atoms with Crippen LogP contribution < -0.4 is 10.6 Å². The van der Waals surface area contributed by atoms with Gasteiger partial charge < -0.3 is 15.1 Å². The first-order valence-corrected chi connectivity index (χ1v) is 6.93. The van der Waals surface area contributed by atoms with E-state index in [1.54, 1.807) is 6.07 Å². The van der Waals surface area contributed by atoms with Crippen LogP contribution in [0.1, 0.15) is 10.6 Å². The van der Waals surface area contributed by atoms with Gasteiger partial charge in [0.2, 0.25) is 3.79 Å². The van der Waals surface area contributed by atoms with Crippen molar-refractivity contribution in [2.24, 2.45) is 0 Å². The molecule has 0 aliphatic carbocycles. The van der Waals surface area contributed by atoms with Gasteiger partial charge in [-0.25, -0.2) is 4.39 Å². The number of hydrogen-bond acceptors (Lipinski definition) is 3. The fourth-order valence-electron chi connectivity index (χ4n) is 1.52. The maximum atomic E-state index is 12.9. The van der Waals surface area contributed by atoms with E-state index in [9.17, 15) is 9.18 Å². The first kappa shape index (κ1) is 15.9. The standard InChI is InChI=1S/C13H10Cl3FN2O2/c14-13(15,16)12(18-9-5-3-8(17)4-6-9)19-11(20)10-2-1-7-21-10/h1-7,12,18H,(H,19,20). The average molecular weight is 352 g/mol. The van der Waals surface area contributed by atoms with Gasteiger partial charge in [0.1, 0.15) is 12.0 Å². The van der Waals surface area contributed by atoms with Crippen molar-refractivity contribution in [2.75, 3.05) is 5.32 Å². The molecule has 4 nitrogen and oxygen atoms in total. The minimum absolute atomic E-state index is 0.0788. The number of alkyl halides is 3. The molecule has 1 amide bonds. The Balaban J connectivity index is 2.12. The molecule has 21 heavy (non-hydrogen) atoms. The molecule has 1 heterocycles. The number of amides is 1. The molecule has 1 atom stereocenters. The van der Waals surface area contributed by atoms with Crippen LogP contribution in [0.2, 0.25) is 0 Å². The lowest BCUT2D eigenvalue weighted by molar-refractivity contribution is 0.0914. The van der Waals surface area contributed by atoms with Crippen molar-refractivity contribution >= 4 is 46.4 Å². The monoisotopic (exact) mass is 350 g/mol. The summed E-state index contributed by atoms with van der Waals surface area (Å²) in [5.41, 5.74) is 0.479. The smallest absolute Gasteiger partial charge is 0.288 e. The molecule has 0 spiro atoms. The van der Waals surface area contributed by atoms with Crippen LogP contribution >= 0.6 is 34.8 Å². The molecule has 1 aromatic carbocycles. The van der Waals surface area contributed by atoms with Crippen LogP contribution in [0.3, 0.4) is 0 Å². The minimum atomic E-state index is -1.82. The van der Waals surface area contributed by atoms with Crippen LogP contribution in [0.25, 0.3) is 0 Å². The van der Waals surface area contributed by atoms with E-state index in [-0.39, 0.29) is 5.76 Å². The van der Waals surface area contributed by atoms with Crippen molar-refractivity contribution < 1.29 is 13.6 Å². The van der Waals surface area contributed by atoms with Gasteiger partial charge in [-0.1, -0.05) is 34.8 Å². The van der Waals surface area contributed by atoms with Gasteiger partial charge in [0.25, 0.3) is 5.91 Å². The van der Waals surface area contributed by atoms with Crippen LogP contribution in [-0.4, -0.2) is 15.9 Å². The normalized spacial score (nSPS) is 12.8. The molecule has 0 aliphatic heterocycles. The van der Waals surface area contributed by atoms with Crippen LogP contribution in [0, 0.1) is 5.82 Å².